The summed E-state index contributed by atoms with van der Waals surface area (Å²) in [6, 6.07) is 24.6. The average molecular weight is 521 g/mol. The smallest absolute Gasteiger partial charge is 0.300 e. The number of pyridine rings is 1. The number of benzene rings is 3. The molecule has 7 nitrogen and oxygen atoms in total. The Kier molecular flexibility index (Phi) is 7.41. The van der Waals surface area contributed by atoms with Crippen LogP contribution in [0.3, 0.4) is 0 Å². The normalized spacial score (nSPS) is 16.4. The molecule has 0 radical (unpaired) electrons. The van der Waals surface area contributed by atoms with Gasteiger partial charge in [-0.15, -0.1) is 0 Å². The first-order valence-electron chi connectivity index (χ1n) is 12.7. The number of carbonyl (C=O) groups is 2. The van der Waals surface area contributed by atoms with E-state index in [1.165, 1.54) is 4.90 Å². The van der Waals surface area contributed by atoms with E-state index >= 15 is 0 Å². The van der Waals surface area contributed by atoms with Gasteiger partial charge in [-0.25, -0.2) is 0 Å². The van der Waals surface area contributed by atoms with E-state index in [9.17, 15) is 14.7 Å². The number of hydrogen-bond acceptors (Lipinski definition) is 6. The van der Waals surface area contributed by atoms with Gasteiger partial charge >= 0.3 is 0 Å². The summed E-state index contributed by atoms with van der Waals surface area (Å²) in [5, 5.41) is 11.5. The zero-order chi connectivity index (χ0) is 27.4. The van der Waals surface area contributed by atoms with Gasteiger partial charge in [0.25, 0.3) is 11.7 Å². The molecule has 0 spiro atoms. The van der Waals surface area contributed by atoms with Crippen LogP contribution in [0, 0.1) is 6.92 Å². The number of aliphatic hydroxyl groups is 1. The van der Waals surface area contributed by atoms with E-state index in [-0.39, 0.29) is 11.3 Å². The molecule has 1 aromatic heterocycles. The monoisotopic (exact) mass is 520 g/mol. The summed E-state index contributed by atoms with van der Waals surface area (Å²) >= 11 is 0. The van der Waals surface area contributed by atoms with Crippen LogP contribution in [0.25, 0.3) is 5.76 Å². The van der Waals surface area contributed by atoms with Crippen LogP contribution in [0.5, 0.6) is 11.5 Å². The number of rotatable bonds is 8. The van der Waals surface area contributed by atoms with Crippen molar-refractivity contribution in [3.63, 3.8) is 0 Å². The minimum Gasteiger partial charge on any atom is -0.507 e. The molecule has 4 aromatic rings. The van der Waals surface area contributed by atoms with Gasteiger partial charge in [-0.05, 0) is 66.9 Å². The highest BCUT2D eigenvalue weighted by atomic mass is 16.5. The van der Waals surface area contributed by atoms with Crippen molar-refractivity contribution in [2.45, 2.75) is 26.5 Å². The summed E-state index contributed by atoms with van der Waals surface area (Å²) < 4.78 is 11.6. The Hall–Kier alpha value is -4.91. The van der Waals surface area contributed by atoms with Crippen molar-refractivity contribution in [3.05, 3.63) is 125 Å². The molecule has 1 aliphatic heterocycles. The second-order valence-corrected chi connectivity index (χ2v) is 9.14. The molecule has 1 fully saturated rings. The van der Waals surface area contributed by atoms with Crippen LogP contribution in [-0.4, -0.2) is 28.4 Å². The largest absolute Gasteiger partial charge is 0.507 e. The van der Waals surface area contributed by atoms with E-state index in [0.29, 0.717) is 41.5 Å². The molecule has 0 aliphatic carbocycles. The van der Waals surface area contributed by atoms with Gasteiger partial charge in [0.15, 0.2) is 0 Å². The molecule has 1 atom stereocenters. The van der Waals surface area contributed by atoms with Crippen LogP contribution in [0.2, 0.25) is 0 Å². The number of nitrogens with zero attached hydrogens (tertiary/aromatic N) is 2. The number of ether oxygens (including phenoxy) is 2. The lowest BCUT2D eigenvalue weighted by molar-refractivity contribution is -0.132. The maximum atomic E-state index is 13.4. The Morgan fingerprint density at radius 1 is 0.949 bits per heavy atom. The highest BCUT2D eigenvalue weighted by Crippen LogP contribution is 2.42. The van der Waals surface area contributed by atoms with Gasteiger partial charge in [0.05, 0.1) is 18.2 Å². The summed E-state index contributed by atoms with van der Waals surface area (Å²) in [5.74, 6) is -0.539. The molecule has 1 unspecified atom stereocenters. The van der Waals surface area contributed by atoms with Crippen molar-refractivity contribution in [1.82, 2.24) is 4.98 Å². The molecule has 0 bridgehead atoms. The maximum absolute atomic E-state index is 13.4. The number of amides is 1. The topological polar surface area (TPSA) is 89.0 Å². The molecular weight excluding hydrogens is 492 g/mol. The predicted molar refractivity (Wildman–Crippen MR) is 149 cm³/mol. The Morgan fingerprint density at radius 3 is 2.49 bits per heavy atom. The van der Waals surface area contributed by atoms with Crippen LogP contribution < -0.4 is 14.4 Å². The SMILES string of the molecule is CCOc1cccc(N2C(=O)C(=O)/C(=C(/O)c3ccc(OCc4ccccc4)c(C)c3)C2c2cccnc2)c1. The average Bonchev–Trinajstić information content (AvgIpc) is 3.23. The van der Waals surface area contributed by atoms with Gasteiger partial charge in [-0.1, -0.05) is 42.5 Å². The van der Waals surface area contributed by atoms with Gasteiger partial charge < -0.3 is 14.6 Å². The second-order valence-electron chi connectivity index (χ2n) is 9.14. The molecule has 7 heteroatoms. The fraction of sp³-hybridized carbons (Fsp3) is 0.156. The number of aromatic nitrogens is 1. The number of ketones is 1. The van der Waals surface area contributed by atoms with Gasteiger partial charge in [-0.2, -0.15) is 0 Å². The number of carbonyl (C=O) groups excluding carboxylic acids is 2. The third-order valence-corrected chi connectivity index (χ3v) is 6.54. The van der Waals surface area contributed by atoms with Crippen molar-refractivity contribution in [2.24, 2.45) is 0 Å². The number of hydrogen-bond donors (Lipinski definition) is 1. The van der Waals surface area contributed by atoms with Crippen molar-refractivity contribution < 1.29 is 24.2 Å². The minimum atomic E-state index is -0.870. The Balaban J connectivity index is 1.54. The lowest BCUT2D eigenvalue weighted by atomic mass is 9.95. The number of anilines is 1. The lowest BCUT2D eigenvalue weighted by Crippen LogP contribution is -2.29. The Morgan fingerprint density at radius 2 is 1.77 bits per heavy atom. The number of Topliss-reactive ketones (excluding diaryl/α,β-unsaturated/α-hetero) is 1. The quantitative estimate of drug-likeness (QED) is 0.174. The van der Waals surface area contributed by atoms with Crippen LogP contribution in [-0.2, 0) is 16.2 Å². The molecule has 39 heavy (non-hydrogen) atoms. The minimum absolute atomic E-state index is 0.00725. The van der Waals surface area contributed by atoms with Crippen LogP contribution in [0.4, 0.5) is 5.69 Å². The van der Waals surface area contributed by atoms with E-state index in [4.69, 9.17) is 9.47 Å². The van der Waals surface area contributed by atoms with Gasteiger partial charge in [-0.3, -0.25) is 19.5 Å². The first kappa shape index (κ1) is 25.7. The summed E-state index contributed by atoms with van der Waals surface area (Å²) in [5.41, 5.74) is 3.30. The zero-order valence-corrected chi connectivity index (χ0v) is 21.7. The van der Waals surface area contributed by atoms with Gasteiger partial charge in [0.1, 0.15) is 23.9 Å². The first-order chi connectivity index (χ1) is 19.0. The van der Waals surface area contributed by atoms with E-state index in [1.807, 2.05) is 44.2 Å². The van der Waals surface area contributed by atoms with Crippen LogP contribution >= 0.6 is 0 Å². The van der Waals surface area contributed by atoms with Crippen molar-refractivity contribution in [3.8, 4) is 11.5 Å². The molecule has 5 rings (SSSR count). The molecule has 1 aliphatic rings. The molecule has 1 saturated heterocycles. The molecule has 3 aromatic carbocycles. The highest BCUT2D eigenvalue weighted by molar-refractivity contribution is 6.51. The van der Waals surface area contributed by atoms with Gasteiger partial charge in [0, 0.05) is 29.7 Å². The third-order valence-electron chi connectivity index (χ3n) is 6.54. The molecule has 1 N–H and O–H groups in total. The fourth-order valence-corrected chi connectivity index (χ4v) is 4.69. The van der Waals surface area contributed by atoms with E-state index < -0.39 is 17.7 Å². The molecule has 196 valence electrons. The Labute approximate surface area is 227 Å². The number of aliphatic hydroxyl groups excluding tert-OH is 1. The summed E-state index contributed by atoms with van der Waals surface area (Å²) in [7, 11) is 0. The van der Waals surface area contributed by atoms with Crippen molar-refractivity contribution in [1.29, 1.82) is 0 Å². The molecule has 2 heterocycles. The van der Waals surface area contributed by atoms with E-state index in [0.717, 1.165) is 11.1 Å². The van der Waals surface area contributed by atoms with E-state index in [2.05, 4.69) is 4.98 Å². The molecule has 0 saturated carbocycles. The fourth-order valence-electron chi connectivity index (χ4n) is 4.69. The van der Waals surface area contributed by atoms with Crippen molar-refractivity contribution >= 4 is 23.1 Å². The first-order valence-corrected chi connectivity index (χ1v) is 12.7. The maximum Gasteiger partial charge on any atom is 0.300 e. The lowest BCUT2D eigenvalue weighted by Gasteiger charge is -2.25. The standard InChI is InChI=1S/C32H28N2O5/c1-3-38-26-13-7-12-25(18-26)34-29(24-11-8-16-33-19-24)28(31(36)32(34)37)30(35)23-14-15-27(21(2)17-23)39-20-22-9-5-4-6-10-22/h4-19,29,35H,3,20H2,1-2H3/b30-28+. The summed E-state index contributed by atoms with van der Waals surface area (Å²) in [4.78, 5) is 32.4. The van der Waals surface area contributed by atoms with Crippen LogP contribution in [0.1, 0.15) is 35.2 Å². The zero-order valence-electron chi connectivity index (χ0n) is 21.7. The predicted octanol–water partition coefficient (Wildman–Crippen LogP) is 5.99. The second kappa shape index (κ2) is 11.2. The molecular formula is C32H28N2O5. The highest BCUT2D eigenvalue weighted by Gasteiger charge is 2.47. The van der Waals surface area contributed by atoms with Crippen molar-refractivity contribution in [2.75, 3.05) is 11.5 Å². The van der Waals surface area contributed by atoms with Gasteiger partial charge in [0.2, 0.25) is 0 Å². The summed E-state index contributed by atoms with van der Waals surface area (Å²) in [6.07, 6.45) is 3.21. The third kappa shape index (κ3) is 5.25. The summed E-state index contributed by atoms with van der Waals surface area (Å²) in [6.45, 7) is 4.60. The van der Waals surface area contributed by atoms with E-state index in [1.54, 1.807) is 67.0 Å². The van der Waals surface area contributed by atoms with Crippen LogP contribution in [0.15, 0.2) is 103 Å². The number of aryl methyl sites for hydroxylation is 1. The Bertz CT molecular complexity index is 1530. The molecule has 1 amide bonds.